The van der Waals surface area contributed by atoms with E-state index in [1.165, 1.54) is 43.5 Å². The van der Waals surface area contributed by atoms with Crippen LogP contribution in [0.5, 0.6) is 0 Å². The zero-order chi connectivity index (χ0) is 13.8. The second-order valence-corrected chi connectivity index (χ2v) is 5.99. The highest BCUT2D eigenvalue weighted by Crippen LogP contribution is 2.29. The van der Waals surface area contributed by atoms with E-state index in [-0.39, 0.29) is 0 Å². The number of aryl methyl sites for hydroxylation is 1. The molecule has 1 aliphatic carbocycles. The van der Waals surface area contributed by atoms with Crippen LogP contribution in [0, 0.1) is 6.92 Å². The lowest BCUT2D eigenvalue weighted by molar-refractivity contribution is 0.0971. The van der Waals surface area contributed by atoms with Gasteiger partial charge in [-0.2, -0.15) is 0 Å². The smallest absolute Gasteiger partial charge is 0.164 e. The molecule has 0 spiro atoms. The number of Topliss-reactive ketones (excluding diaryl/α,β-unsaturated/α-hetero) is 1. The molecule has 0 aromatic carbocycles. The molecule has 1 aromatic rings. The third-order valence-corrected chi connectivity index (χ3v) is 4.37. The van der Waals surface area contributed by atoms with Crippen molar-refractivity contribution in [3.8, 4) is 0 Å². The standard InChI is InChI=1S/C17H27NO/c1-4-5-6-7-9-13(2)18-14(3)12-15-16(18)10-8-11-17(15)19/h12-13H,4-11H2,1-3H3. The van der Waals surface area contributed by atoms with E-state index in [4.69, 9.17) is 0 Å². The van der Waals surface area contributed by atoms with E-state index in [0.717, 1.165) is 24.8 Å². The maximum atomic E-state index is 12.0. The first kappa shape index (κ1) is 14.4. The maximum absolute atomic E-state index is 12.0. The molecule has 2 rings (SSSR count). The van der Waals surface area contributed by atoms with Gasteiger partial charge in [0.05, 0.1) is 0 Å². The van der Waals surface area contributed by atoms with Gasteiger partial charge in [-0.15, -0.1) is 0 Å². The van der Waals surface area contributed by atoms with Crippen LogP contribution in [0.1, 0.15) is 86.6 Å². The lowest BCUT2D eigenvalue weighted by Crippen LogP contribution is -2.16. The molecule has 0 N–H and O–H groups in total. The van der Waals surface area contributed by atoms with E-state index in [1.807, 2.05) is 0 Å². The Morgan fingerprint density at radius 3 is 2.79 bits per heavy atom. The number of ketones is 1. The quantitative estimate of drug-likeness (QED) is 0.671. The molecule has 0 aliphatic heterocycles. The van der Waals surface area contributed by atoms with Gasteiger partial charge in [0, 0.05) is 29.4 Å². The largest absolute Gasteiger partial charge is 0.345 e. The number of rotatable bonds is 6. The fraction of sp³-hybridized carbons (Fsp3) is 0.706. The Hall–Kier alpha value is -1.05. The van der Waals surface area contributed by atoms with Gasteiger partial charge in [-0.1, -0.05) is 32.6 Å². The molecule has 0 radical (unpaired) electrons. The Balaban J connectivity index is 2.09. The van der Waals surface area contributed by atoms with Crippen molar-refractivity contribution in [2.75, 3.05) is 0 Å². The van der Waals surface area contributed by atoms with Gasteiger partial charge < -0.3 is 4.57 Å². The summed E-state index contributed by atoms with van der Waals surface area (Å²) in [6.07, 6.45) is 9.34. The van der Waals surface area contributed by atoms with Gasteiger partial charge in [0.2, 0.25) is 0 Å². The molecular formula is C17H27NO. The van der Waals surface area contributed by atoms with Crippen LogP contribution in [0.4, 0.5) is 0 Å². The number of nitrogens with zero attached hydrogens (tertiary/aromatic N) is 1. The molecule has 1 atom stereocenters. The monoisotopic (exact) mass is 261 g/mol. The number of fused-ring (bicyclic) bond motifs is 1. The van der Waals surface area contributed by atoms with Crippen LogP contribution in [0.25, 0.3) is 0 Å². The van der Waals surface area contributed by atoms with Crippen LogP contribution >= 0.6 is 0 Å². The Morgan fingerprint density at radius 1 is 1.26 bits per heavy atom. The predicted octanol–water partition coefficient (Wildman–Crippen LogP) is 4.85. The first-order valence-corrected chi connectivity index (χ1v) is 7.89. The predicted molar refractivity (Wildman–Crippen MR) is 79.9 cm³/mol. The zero-order valence-electron chi connectivity index (χ0n) is 12.7. The fourth-order valence-corrected chi connectivity index (χ4v) is 3.36. The first-order valence-electron chi connectivity index (χ1n) is 7.89. The maximum Gasteiger partial charge on any atom is 0.164 e. The highest BCUT2D eigenvalue weighted by atomic mass is 16.1. The van der Waals surface area contributed by atoms with Crippen LogP contribution in [0.2, 0.25) is 0 Å². The summed E-state index contributed by atoms with van der Waals surface area (Å²) in [5, 5.41) is 0. The molecule has 1 aliphatic rings. The minimum absolute atomic E-state index is 0.348. The first-order chi connectivity index (χ1) is 9.15. The number of carbonyl (C=O) groups is 1. The molecule has 0 amide bonds. The summed E-state index contributed by atoms with van der Waals surface area (Å²) in [5.74, 6) is 0.348. The van der Waals surface area contributed by atoms with Crippen molar-refractivity contribution < 1.29 is 4.79 Å². The summed E-state index contributed by atoms with van der Waals surface area (Å²) in [6.45, 7) is 6.70. The van der Waals surface area contributed by atoms with E-state index >= 15 is 0 Å². The van der Waals surface area contributed by atoms with Crippen molar-refractivity contribution in [3.05, 3.63) is 23.0 Å². The molecule has 0 fully saturated rings. The number of hydrogen-bond donors (Lipinski definition) is 0. The van der Waals surface area contributed by atoms with Gasteiger partial charge in [-0.05, 0) is 39.2 Å². The highest BCUT2D eigenvalue weighted by Gasteiger charge is 2.24. The average Bonchev–Trinajstić information content (AvgIpc) is 2.72. The summed E-state index contributed by atoms with van der Waals surface area (Å²) in [6, 6.07) is 2.64. The Kier molecular flexibility index (Phi) is 4.84. The van der Waals surface area contributed by atoms with Crippen molar-refractivity contribution in [2.24, 2.45) is 0 Å². The molecule has 106 valence electrons. The van der Waals surface area contributed by atoms with Gasteiger partial charge in [-0.3, -0.25) is 4.79 Å². The fourth-order valence-electron chi connectivity index (χ4n) is 3.36. The zero-order valence-corrected chi connectivity index (χ0v) is 12.7. The molecule has 1 aromatic heterocycles. The lowest BCUT2D eigenvalue weighted by atomic mass is 9.96. The lowest BCUT2D eigenvalue weighted by Gasteiger charge is -2.22. The number of unbranched alkanes of at least 4 members (excludes halogenated alkanes) is 3. The van der Waals surface area contributed by atoms with Crippen LogP contribution in [-0.4, -0.2) is 10.4 Å². The molecule has 19 heavy (non-hydrogen) atoms. The summed E-state index contributed by atoms with van der Waals surface area (Å²) in [7, 11) is 0. The van der Waals surface area contributed by atoms with Crippen LogP contribution in [0.15, 0.2) is 6.07 Å². The minimum Gasteiger partial charge on any atom is -0.345 e. The summed E-state index contributed by atoms with van der Waals surface area (Å²) >= 11 is 0. The minimum atomic E-state index is 0.348. The van der Waals surface area contributed by atoms with Crippen molar-refractivity contribution in [3.63, 3.8) is 0 Å². The molecule has 1 heterocycles. The Morgan fingerprint density at radius 2 is 2.05 bits per heavy atom. The second-order valence-electron chi connectivity index (χ2n) is 5.99. The van der Waals surface area contributed by atoms with Crippen LogP contribution in [-0.2, 0) is 6.42 Å². The van der Waals surface area contributed by atoms with E-state index in [0.29, 0.717) is 11.8 Å². The molecular weight excluding hydrogens is 234 g/mol. The van der Waals surface area contributed by atoms with Crippen LogP contribution < -0.4 is 0 Å². The molecule has 1 unspecified atom stereocenters. The van der Waals surface area contributed by atoms with Gasteiger partial charge >= 0.3 is 0 Å². The molecule has 2 nitrogen and oxygen atoms in total. The van der Waals surface area contributed by atoms with E-state index in [2.05, 4.69) is 31.4 Å². The molecule has 0 saturated heterocycles. The summed E-state index contributed by atoms with van der Waals surface area (Å²) in [5.41, 5.74) is 3.57. The Labute approximate surface area is 117 Å². The Bertz CT molecular complexity index is 444. The van der Waals surface area contributed by atoms with E-state index in [9.17, 15) is 4.79 Å². The van der Waals surface area contributed by atoms with Crippen molar-refractivity contribution in [1.29, 1.82) is 0 Å². The molecule has 0 saturated carbocycles. The second kappa shape index (κ2) is 6.40. The third kappa shape index (κ3) is 3.10. The van der Waals surface area contributed by atoms with Crippen molar-refractivity contribution in [1.82, 2.24) is 4.57 Å². The SMILES string of the molecule is CCCCCCC(C)n1c(C)cc2c1CCCC2=O. The van der Waals surface area contributed by atoms with Gasteiger partial charge in [0.1, 0.15) is 0 Å². The van der Waals surface area contributed by atoms with Crippen molar-refractivity contribution >= 4 is 5.78 Å². The van der Waals surface area contributed by atoms with Crippen LogP contribution in [0.3, 0.4) is 0 Å². The molecule has 2 heteroatoms. The number of hydrogen-bond acceptors (Lipinski definition) is 1. The van der Waals surface area contributed by atoms with Gasteiger partial charge in [0.25, 0.3) is 0 Å². The number of aromatic nitrogens is 1. The highest BCUT2D eigenvalue weighted by molar-refractivity contribution is 5.98. The third-order valence-electron chi connectivity index (χ3n) is 4.37. The van der Waals surface area contributed by atoms with Crippen molar-refractivity contribution in [2.45, 2.75) is 78.2 Å². The van der Waals surface area contributed by atoms with E-state index < -0.39 is 0 Å². The van der Waals surface area contributed by atoms with Gasteiger partial charge in [0.15, 0.2) is 5.78 Å². The van der Waals surface area contributed by atoms with Gasteiger partial charge in [-0.25, -0.2) is 0 Å². The number of carbonyl (C=O) groups excluding carboxylic acids is 1. The summed E-state index contributed by atoms with van der Waals surface area (Å²) < 4.78 is 2.43. The summed E-state index contributed by atoms with van der Waals surface area (Å²) in [4.78, 5) is 12.0. The topological polar surface area (TPSA) is 22.0 Å². The molecule has 0 bridgehead atoms. The normalized spacial score (nSPS) is 16.5. The average molecular weight is 261 g/mol. The van der Waals surface area contributed by atoms with E-state index in [1.54, 1.807) is 0 Å².